The molecular formula is C15H10F2N2O2. The number of H-pyrrole nitrogens is 1. The maximum absolute atomic E-state index is 14.2. The Bertz CT molecular complexity index is 867. The van der Waals surface area contributed by atoms with E-state index < -0.39 is 17.2 Å². The number of hydrogen-bond donors (Lipinski definition) is 1. The summed E-state index contributed by atoms with van der Waals surface area (Å²) in [5, 5.41) is 6.75. The number of methoxy groups -OCH3 is 1. The van der Waals surface area contributed by atoms with Gasteiger partial charge in [-0.3, -0.25) is 4.79 Å². The highest BCUT2D eigenvalue weighted by Gasteiger charge is 2.18. The standard InChI is InChI=1S/C15H10F2N2O2/c1-21-8-6-11(16)13(12(17)7-8)14-9-4-2-3-5-10(9)15(20)19-18-14/h2-7H,1H3,(H,19,20). The Morgan fingerprint density at radius 2 is 1.71 bits per heavy atom. The van der Waals surface area contributed by atoms with E-state index in [9.17, 15) is 13.6 Å². The van der Waals surface area contributed by atoms with Crippen LogP contribution in [-0.2, 0) is 0 Å². The smallest absolute Gasteiger partial charge is 0.272 e. The van der Waals surface area contributed by atoms with Gasteiger partial charge in [-0.1, -0.05) is 18.2 Å². The molecule has 4 nitrogen and oxygen atoms in total. The predicted octanol–water partition coefficient (Wildman–Crippen LogP) is 2.88. The van der Waals surface area contributed by atoms with Crippen LogP contribution in [0.1, 0.15) is 0 Å². The Balaban J connectivity index is 2.37. The van der Waals surface area contributed by atoms with Crippen LogP contribution in [0.15, 0.2) is 41.2 Å². The third-order valence-electron chi connectivity index (χ3n) is 3.18. The molecule has 0 saturated carbocycles. The van der Waals surface area contributed by atoms with Crippen molar-refractivity contribution in [2.75, 3.05) is 7.11 Å². The van der Waals surface area contributed by atoms with E-state index >= 15 is 0 Å². The number of nitrogens with one attached hydrogen (secondary N) is 1. The summed E-state index contributed by atoms with van der Waals surface area (Å²) in [6.07, 6.45) is 0. The summed E-state index contributed by atoms with van der Waals surface area (Å²) in [4.78, 5) is 11.7. The van der Waals surface area contributed by atoms with Crippen LogP contribution in [0.3, 0.4) is 0 Å². The molecule has 0 aliphatic heterocycles. The van der Waals surface area contributed by atoms with Gasteiger partial charge in [-0.05, 0) is 6.07 Å². The van der Waals surface area contributed by atoms with Crippen LogP contribution in [-0.4, -0.2) is 17.3 Å². The van der Waals surface area contributed by atoms with Crippen molar-refractivity contribution < 1.29 is 13.5 Å². The first-order chi connectivity index (χ1) is 10.1. The van der Waals surface area contributed by atoms with Gasteiger partial charge in [-0.25, -0.2) is 13.9 Å². The quantitative estimate of drug-likeness (QED) is 0.789. The van der Waals surface area contributed by atoms with Gasteiger partial charge in [0.05, 0.1) is 18.1 Å². The molecule has 0 unspecified atom stereocenters. The van der Waals surface area contributed by atoms with E-state index in [1.54, 1.807) is 24.3 Å². The van der Waals surface area contributed by atoms with Crippen LogP contribution in [0, 0.1) is 11.6 Å². The average molecular weight is 288 g/mol. The lowest BCUT2D eigenvalue weighted by Gasteiger charge is -2.09. The first kappa shape index (κ1) is 13.2. The van der Waals surface area contributed by atoms with Crippen LogP contribution in [0.2, 0.25) is 0 Å². The van der Waals surface area contributed by atoms with E-state index in [0.29, 0.717) is 10.8 Å². The molecule has 0 atom stereocenters. The predicted molar refractivity (Wildman–Crippen MR) is 74.3 cm³/mol. The number of ether oxygens (including phenoxy) is 1. The van der Waals surface area contributed by atoms with Crippen molar-refractivity contribution in [1.29, 1.82) is 0 Å². The van der Waals surface area contributed by atoms with Crippen molar-refractivity contribution in [3.8, 4) is 17.0 Å². The molecule has 0 aliphatic rings. The molecular weight excluding hydrogens is 278 g/mol. The van der Waals surface area contributed by atoms with Crippen LogP contribution < -0.4 is 10.3 Å². The van der Waals surface area contributed by atoms with E-state index in [4.69, 9.17) is 4.74 Å². The van der Waals surface area contributed by atoms with Gasteiger partial charge >= 0.3 is 0 Å². The van der Waals surface area contributed by atoms with Gasteiger partial charge in [-0.2, -0.15) is 5.10 Å². The number of nitrogens with zero attached hydrogens (tertiary/aromatic N) is 1. The molecule has 0 spiro atoms. The highest BCUT2D eigenvalue weighted by atomic mass is 19.1. The first-order valence-electron chi connectivity index (χ1n) is 6.12. The van der Waals surface area contributed by atoms with Crippen molar-refractivity contribution in [3.05, 3.63) is 58.4 Å². The highest BCUT2D eigenvalue weighted by molar-refractivity contribution is 5.93. The van der Waals surface area contributed by atoms with Crippen molar-refractivity contribution >= 4 is 10.8 Å². The van der Waals surface area contributed by atoms with Gasteiger partial charge in [0.2, 0.25) is 0 Å². The largest absolute Gasteiger partial charge is 0.497 e. The molecule has 0 fully saturated rings. The Morgan fingerprint density at radius 3 is 2.33 bits per heavy atom. The summed E-state index contributed by atoms with van der Waals surface area (Å²) in [7, 11) is 1.32. The van der Waals surface area contributed by atoms with E-state index in [-0.39, 0.29) is 17.0 Å². The van der Waals surface area contributed by atoms with Crippen LogP contribution in [0.25, 0.3) is 22.0 Å². The van der Waals surface area contributed by atoms with Gasteiger partial charge in [0, 0.05) is 17.5 Å². The lowest BCUT2D eigenvalue weighted by atomic mass is 10.0. The molecule has 1 N–H and O–H groups in total. The summed E-state index contributed by atoms with van der Waals surface area (Å²) in [5.41, 5.74) is -0.671. The number of halogens is 2. The summed E-state index contributed by atoms with van der Waals surface area (Å²) < 4.78 is 33.1. The number of hydrogen-bond acceptors (Lipinski definition) is 3. The normalized spacial score (nSPS) is 10.8. The molecule has 1 aromatic heterocycles. The first-order valence-corrected chi connectivity index (χ1v) is 6.12. The second kappa shape index (κ2) is 4.97. The van der Waals surface area contributed by atoms with E-state index in [2.05, 4.69) is 10.2 Å². The number of rotatable bonds is 2. The molecule has 0 amide bonds. The van der Waals surface area contributed by atoms with Crippen molar-refractivity contribution in [3.63, 3.8) is 0 Å². The molecule has 106 valence electrons. The molecule has 6 heteroatoms. The molecule has 0 bridgehead atoms. The maximum atomic E-state index is 14.2. The Kier molecular flexibility index (Phi) is 3.13. The van der Waals surface area contributed by atoms with Gasteiger partial charge in [0.15, 0.2) is 0 Å². The third kappa shape index (κ3) is 2.14. The second-order valence-electron chi connectivity index (χ2n) is 4.41. The lowest BCUT2D eigenvalue weighted by Crippen LogP contribution is -2.10. The number of aromatic nitrogens is 2. The Morgan fingerprint density at radius 1 is 1.10 bits per heavy atom. The molecule has 0 radical (unpaired) electrons. The average Bonchev–Trinajstić information content (AvgIpc) is 2.49. The van der Waals surface area contributed by atoms with Crippen LogP contribution in [0.4, 0.5) is 8.78 Å². The number of benzene rings is 2. The fourth-order valence-corrected chi connectivity index (χ4v) is 2.20. The van der Waals surface area contributed by atoms with Crippen molar-refractivity contribution in [2.45, 2.75) is 0 Å². The van der Waals surface area contributed by atoms with E-state index in [0.717, 1.165) is 12.1 Å². The van der Waals surface area contributed by atoms with E-state index in [1.165, 1.54) is 7.11 Å². The minimum Gasteiger partial charge on any atom is -0.497 e. The number of aromatic amines is 1. The fraction of sp³-hybridized carbons (Fsp3) is 0.0667. The molecule has 3 rings (SSSR count). The van der Waals surface area contributed by atoms with Gasteiger partial charge in [0.1, 0.15) is 23.1 Å². The SMILES string of the molecule is COc1cc(F)c(-c2n[nH]c(=O)c3ccccc23)c(F)c1. The summed E-state index contributed by atoms with van der Waals surface area (Å²) in [5.74, 6) is -1.55. The van der Waals surface area contributed by atoms with E-state index in [1.807, 2.05) is 0 Å². The summed E-state index contributed by atoms with van der Waals surface area (Å²) in [6, 6.07) is 8.64. The summed E-state index contributed by atoms with van der Waals surface area (Å²) in [6.45, 7) is 0. The Hall–Kier alpha value is -2.76. The molecule has 21 heavy (non-hydrogen) atoms. The van der Waals surface area contributed by atoms with Crippen molar-refractivity contribution in [1.82, 2.24) is 10.2 Å². The van der Waals surface area contributed by atoms with Crippen LogP contribution in [0.5, 0.6) is 5.75 Å². The topological polar surface area (TPSA) is 55.0 Å². The highest BCUT2D eigenvalue weighted by Crippen LogP contribution is 2.31. The van der Waals surface area contributed by atoms with Crippen LogP contribution >= 0.6 is 0 Å². The monoisotopic (exact) mass is 288 g/mol. The second-order valence-corrected chi connectivity index (χ2v) is 4.41. The zero-order valence-electron chi connectivity index (χ0n) is 11.0. The minimum atomic E-state index is -0.809. The van der Waals surface area contributed by atoms with Crippen molar-refractivity contribution in [2.24, 2.45) is 0 Å². The van der Waals surface area contributed by atoms with Gasteiger partial charge in [0.25, 0.3) is 5.56 Å². The zero-order valence-corrected chi connectivity index (χ0v) is 11.0. The fourth-order valence-electron chi connectivity index (χ4n) is 2.20. The molecule has 3 aromatic rings. The zero-order chi connectivity index (χ0) is 15.0. The maximum Gasteiger partial charge on any atom is 0.272 e. The molecule has 0 aliphatic carbocycles. The molecule has 0 saturated heterocycles. The molecule has 2 aromatic carbocycles. The van der Waals surface area contributed by atoms with Gasteiger partial charge < -0.3 is 4.74 Å². The number of fused-ring (bicyclic) bond motifs is 1. The third-order valence-corrected chi connectivity index (χ3v) is 3.18. The summed E-state index contributed by atoms with van der Waals surface area (Å²) >= 11 is 0. The van der Waals surface area contributed by atoms with Gasteiger partial charge in [-0.15, -0.1) is 0 Å². The minimum absolute atomic E-state index is 0.0443. The lowest BCUT2D eigenvalue weighted by molar-refractivity contribution is 0.407. The molecule has 1 heterocycles. The Labute approximate surface area is 118 Å².